The van der Waals surface area contributed by atoms with E-state index in [2.05, 4.69) is 5.32 Å². The summed E-state index contributed by atoms with van der Waals surface area (Å²) in [6, 6.07) is 14.6. The van der Waals surface area contributed by atoms with E-state index in [0.717, 1.165) is 5.56 Å². The van der Waals surface area contributed by atoms with Crippen LogP contribution >= 0.6 is 0 Å². The van der Waals surface area contributed by atoms with E-state index in [4.69, 9.17) is 4.74 Å². The summed E-state index contributed by atoms with van der Waals surface area (Å²) < 4.78 is 18.5. The Labute approximate surface area is 134 Å². The lowest BCUT2D eigenvalue weighted by Gasteiger charge is -2.16. The van der Waals surface area contributed by atoms with E-state index in [9.17, 15) is 14.0 Å². The minimum absolute atomic E-state index is 0.00471. The van der Waals surface area contributed by atoms with E-state index in [-0.39, 0.29) is 18.1 Å². The number of nitrogens with one attached hydrogen (secondary N) is 1. The lowest BCUT2D eigenvalue weighted by atomic mass is 10.0. The van der Waals surface area contributed by atoms with Crippen molar-refractivity contribution in [2.45, 2.75) is 19.4 Å². The lowest BCUT2D eigenvalue weighted by molar-refractivity contribution is -0.128. The van der Waals surface area contributed by atoms with Crippen LogP contribution in [0.15, 0.2) is 54.6 Å². The first kappa shape index (κ1) is 16.7. The predicted octanol–water partition coefficient (Wildman–Crippen LogP) is 2.52. The number of ketones is 1. The summed E-state index contributed by atoms with van der Waals surface area (Å²) in [4.78, 5) is 23.6. The Morgan fingerprint density at radius 1 is 1.09 bits per heavy atom. The average molecular weight is 315 g/mol. The van der Waals surface area contributed by atoms with E-state index in [0.29, 0.717) is 6.42 Å². The largest absolute Gasteiger partial charge is 0.481 e. The Bertz CT molecular complexity index is 673. The van der Waals surface area contributed by atoms with Crippen molar-refractivity contribution in [3.8, 4) is 5.75 Å². The van der Waals surface area contributed by atoms with Gasteiger partial charge in [0.15, 0.2) is 24.0 Å². The predicted molar refractivity (Wildman–Crippen MR) is 84.7 cm³/mol. The van der Waals surface area contributed by atoms with E-state index in [1.54, 1.807) is 6.07 Å². The summed E-state index contributed by atoms with van der Waals surface area (Å²) in [7, 11) is 0. The maximum atomic E-state index is 13.4. The van der Waals surface area contributed by atoms with Gasteiger partial charge in [-0.05, 0) is 31.0 Å². The Balaban J connectivity index is 1.91. The quantitative estimate of drug-likeness (QED) is 0.854. The number of hydrogen-bond acceptors (Lipinski definition) is 3. The van der Waals surface area contributed by atoms with Crippen LogP contribution in [0, 0.1) is 5.82 Å². The van der Waals surface area contributed by atoms with Gasteiger partial charge in [-0.1, -0.05) is 42.5 Å². The van der Waals surface area contributed by atoms with Crippen molar-refractivity contribution in [2.24, 2.45) is 0 Å². The second-order valence-corrected chi connectivity index (χ2v) is 5.14. The van der Waals surface area contributed by atoms with Gasteiger partial charge in [0.1, 0.15) is 0 Å². The fourth-order valence-electron chi connectivity index (χ4n) is 2.09. The highest BCUT2D eigenvalue weighted by Crippen LogP contribution is 2.15. The third-order valence-corrected chi connectivity index (χ3v) is 3.30. The van der Waals surface area contributed by atoms with Gasteiger partial charge in [-0.15, -0.1) is 0 Å². The summed E-state index contributed by atoms with van der Waals surface area (Å²) in [5.41, 5.74) is 0.947. The van der Waals surface area contributed by atoms with Gasteiger partial charge in [0.2, 0.25) is 0 Å². The van der Waals surface area contributed by atoms with Crippen LogP contribution in [0.5, 0.6) is 5.75 Å². The van der Waals surface area contributed by atoms with Crippen LogP contribution in [0.2, 0.25) is 0 Å². The summed E-state index contributed by atoms with van der Waals surface area (Å²) in [6.45, 7) is 1.07. The number of carbonyl (C=O) groups is 2. The summed E-state index contributed by atoms with van der Waals surface area (Å²) >= 11 is 0. The van der Waals surface area contributed by atoms with E-state index >= 15 is 0 Å². The molecule has 0 saturated heterocycles. The van der Waals surface area contributed by atoms with Crippen molar-refractivity contribution >= 4 is 11.7 Å². The molecule has 0 fully saturated rings. The first-order valence-corrected chi connectivity index (χ1v) is 7.27. The molecule has 1 amide bonds. The van der Waals surface area contributed by atoms with Gasteiger partial charge < -0.3 is 10.1 Å². The third kappa shape index (κ3) is 5.21. The Hall–Kier alpha value is -2.69. The minimum Gasteiger partial charge on any atom is -0.481 e. The topological polar surface area (TPSA) is 55.4 Å². The molecular formula is C18H18FNO3. The van der Waals surface area contributed by atoms with Crippen LogP contribution in [0.25, 0.3) is 0 Å². The molecule has 1 unspecified atom stereocenters. The smallest absolute Gasteiger partial charge is 0.258 e. The van der Waals surface area contributed by atoms with Gasteiger partial charge in [-0.2, -0.15) is 0 Å². The molecule has 0 aliphatic carbocycles. The van der Waals surface area contributed by atoms with Gasteiger partial charge in [0.25, 0.3) is 5.91 Å². The molecule has 2 aromatic carbocycles. The molecular weight excluding hydrogens is 297 g/mol. The molecule has 2 rings (SSSR count). The third-order valence-electron chi connectivity index (χ3n) is 3.30. The highest BCUT2D eigenvalue weighted by molar-refractivity contribution is 5.88. The molecule has 0 aromatic heterocycles. The zero-order chi connectivity index (χ0) is 16.7. The number of amides is 1. The average Bonchev–Trinajstić information content (AvgIpc) is 2.54. The Morgan fingerprint density at radius 2 is 1.74 bits per heavy atom. The molecule has 23 heavy (non-hydrogen) atoms. The number of hydrogen-bond donors (Lipinski definition) is 1. The second kappa shape index (κ2) is 8.08. The highest BCUT2D eigenvalue weighted by Gasteiger charge is 2.18. The monoisotopic (exact) mass is 315 g/mol. The van der Waals surface area contributed by atoms with Crippen LogP contribution in [-0.2, 0) is 16.0 Å². The first-order chi connectivity index (χ1) is 11.1. The lowest BCUT2D eigenvalue weighted by Crippen LogP contribution is -2.43. The standard InChI is InChI=1S/C18H18FNO3/c1-13(21)16(11-14-7-3-2-4-8-14)20-18(22)12-23-17-10-6-5-9-15(17)19/h2-10,16H,11-12H2,1H3,(H,20,22). The highest BCUT2D eigenvalue weighted by atomic mass is 19.1. The van der Waals surface area contributed by atoms with Crippen LogP contribution < -0.4 is 10.1 Å². The molecule has 4 nitrogen and oxygen atoms in total. The first-order valence-electron chi connectivity index (χ1n) is 7.27. The zero-order valence-electron chi connectivity index (χ0n) is 12.8. The maximum absolute atomic E-state index is 13.4. The van der Waals surface area contributed by atoms with Gasteiger partial charge in [-0.25, -0.2) is 4.39 Å². The van der Waals surface area contributed by atoms with E-state index in [1.807, 2.05) is 30.3 Å². The Kier molecular flexibility index (Phi) is 5.86. The molecule has 0 spiro atoms. The van der Waals surface area contributed by atoms with Crippen molar-refractivity contribution in [1.29, 1.82) is 0 Å². The number of carbonyl (C=O) groups excluding carboxylic acids is 2. The van der Waals surface area contributed by atoms with Crippen LogP contribution in [0.4, 0.5) is 4.39 Å². The van der Waals surface area contributed by atoms with Crippen LogP contribution in [-0.4, -0.2) is 24.3 Å². The van der Waals surface area contributed by atoms with Crippen molar-refractivity contribution in [2.75, 3.05) is 6.61 Å². The zero-order valence-corrected chi connectivity index (χ0v) is 12.8. The fraction of sp³-hybridized carbons (Fsp3) is 0.222. The number of rotatable bonds is 7. The van der Waals surface area contributed by atoms with Crippen molar-refractivity contribution < 1.29 is 18.7 Å². The number of Topliss-reactive ketones (excluding diaryl/α,β-unsaturated/α-hetero) is 1. The fourth-order valence-corrected chi connectivity index (χ4v) is 2.09. The molecule has 2 aromatic rings. The number of ether oxygens (including phenoxy) is 1. The molecule has 1 atom stereocenters. The van der Waals surface area contributed by atoms with Crippen LogP contribution in [0.3, 0.4) is 0 Å². The SMILES string of the molecule is CC(=O)C(Cc1ccccc1)NC(=O)COc1ccccc1F. The number of halogens is 1. The van der Waals surface area contributed by atoms with E-state index < -0.39 is 17.8 Å². The molecule has 0 bridgehead atoms. The molecule has 0 saturated carbocycles. The van der Waals surface area contributed by atoms with Crippen molar-refractivity contribution in [1.82, 2.24) is 5.32 Å². The maximum Gasteiger partial charge on any atom is 0.258 e. The van der Waals surface area contributed by atoms with Crippen molar-refractivity contribution in [3.63, 3.8) is 0 Å². The normalized spacial score (nSPS) is 11.6. The van der Waals surface area contributed by atoms with Gasteiger partial charge >= 0.3 is 0 Å². The van der Waals surface area contributed by atoms with Gasteiger partial charge in [0, 0.05) is 0 Å². The molecule has 0 radical (unpaired) electrons. The summed E-state index contributed by atoms with van der Waals surface area (Å²) in [6.07, 6.45) is 0.404. The van der Waals surface area contributed by atoms with Gasteiger partial charge in [-0.3, -0.25) is 9.59 Å². The Morgan fingerprint density at radius 3 is 2.39 bits per heavy atom. The molecule has 120 valence electrons. The van der Waals surface area contributed by atoms with E-state index in [1.165, 1.54) is 25.1 Å². The second-order valence-electron chi connectivity index (χ2n) is 5.14. The summed E-state index contributed by atoms with van der Waals surface area (Å²) in [5, 5.41) is 2.62. The number of benzene rings is 2. The molecule has 0 heterocycles. The number of para-hydroxylation sites is 1. The van der Waals surface area contributed by atoms with Gasteiger partial charge in [0.05, 0.1) is 6.04 Å². The molecule has 5 heteroatoms. The van der Waals surface area contributed by atoms with Crippen LogP contribution in [0.1, 0.15) is 12.5 Å². The molecule has 0 aliphatic heterocycles. The minimum atomic E-state index is -0.630. The molecule has 1 N–H and O–H groups in total. The van der Waals surface area contributed by atoms with Crippen molar-refractivity contribution in [3.05, 3.63) is 66.0 Å². The molecule has 0 aliphatic rings. The summed E-state index contributed by atoms with van der Waals surface area (Å²) in [5.74, 6) is -1.14.